The number of amides is 1. The number of hydrogen-bond donors (Lipinski definition) is 2. The van der Waals surface area contributed by atoms with Gasteiger partial charge < -0.3 is 15.2 Å². The molecule has 0 saturated carbocycles. The monoisotopic (exact) mass is 390 g/mol. The van der Waals surface area contributed by atoms with E-state index < -0.39 is 5.97 Å². The highest BCUT2D eigenvalue weighted by atomic mass is 32.1. The van der Waals surface area contributed by atoms with E-state index in [-0.39, 0.29) is 12.3 Å². The number of carboxylic acids is 1. The standard InChI is InChI=1S/C20H26N2O4S/c1-13(2)11-17-19(27-14(3)22-17)20(25)21-12-15-6-8-16(9-7-15)26-10-4-5-18(23)24/h6-9,13H,4-5,10-12H2,1-3H3,(H,21,25)(H,23,24). The first-order valence-corrected chi connectivity index (χ1v) is 9.85. The van der Waals surface area contributed by atoms with E-state index in [0.29, 0.717) is 36.1 Å². The van der Waals surface area contributed by atoms with Crippen LogP contribution in [0.3, 0.4) is 0 Å². The van der Waals surface area contributed by atoms with Gasteiger partial charge in [0.25, 0.3) is 5.91 Å². The predicted octanol–water partition coefficient (Wildman–Crippen LogP) is 3.82. The summed E-state index contributed by atoms with van der Waals surface area (Å²) in [5.74, 6) is 0.219. The Balaban J connectivity index is 1.86. The summed E-state index contributed by atoms with van der Waals surface area (Å²) in [5.41, 5.74) is 1.84. The molecular formula is C20H26N2O4S. The van der Waals surface area contributed by atoms with Gasteiger partial charge in [-0.2, -0.15) is 0 Å². The maximum atomic E-state index is 12.5. The number of ether oxygens (including phenoxy) is 1. The molecular weight excluding hydrogens is 364 g/mol. The van der Waals surface area contributed by atoms with Gasteiger partial charge in [0.1, 0.15) is 10.6 Å². The molecule has 0 aliphatic heterocycles. The van der Waals surface area contributed by atoms with Gasteiger partial charge in [-0.05, 0) is 43.4 Å². The maximum Gasteiger partial charge on any atom is 0.303 e. The molecule has 0 atom stereocenters. The van der Waals surface area contributed by atoms with Crippen LogP contribution in [-0.4, -0.2) is 28.6 Å². The highest BCUT2D eigenvalue weighted by molar-refractivity contribution is 7.13. The molecule has 2 rings (SSSR count). The van der Waals surface area contributed by atoms with Crippen molar-refractivity contribution in [3.05, 3.63) is 45.4 Å². The summed E-state index contributed by atoms with van der Waals surface area (Å²) in [5, 5.41) is 12.5. The van der Waals surface area contributed by atoms with E-state index in [9.17, 15) is 9.59 Å². The van der Waals surface area contributed by atoms with E-state index in [0.717, 1.165) is 22.7 Å². The SMILES string of the molecule is Cc1nc(CC(C)C)c(C(=O)NCc2ccc(OCCCC(=O)O)cc2)s1. The molecule has 1 heterocycles. The van der Waals surface area contributed by atoms with Crippen molar-refractivity contribution in [3.63, 3.8) is 0 Å². The maximum absolute atomic E-state index is 12.5. The lowest BCUT2D eigenvalue weighted by atomic mass is 10.1. The number of thiazole rings is 1. The Morgan fingerprint density at radius 2 is 1.96 bits per heavy atom. The molecule has 0 bridgehead atoms. The minimum atomic E-state index is -0.822. The number of nitrogens with zero attached hydrogens (tertiary/aromatic N) is 1. The molecule has 0 radical (unpaired) electrons. The highest BCUT2D eigenvalue weighted by Gasteiger charge is 2.17. The van der Waals surface area contributed by atoms with Crippen molar-refractivity contribution in [1.82, 2.24) is 10.3 Å². The third-order valence-electron chi connectivity index (χ3n) is 3.79. The highest BCUT2D eigenvalue weighted by Crippen LogP contribution is 2.21. The van der Waals surface area contributed by atoms with Crippen LogP contribution in [0.15, 0.2) is 24.3 Å². The normalized spacial score (nSPS) is 10.8. The lowest BCUT2D eigenvalue weighted by molar-refractivity contribution is -0.137. The Labute approximate surface area is 163 Å². The minimum Gasteiger partial charge on any atom is -0.494 e. The molecule has 0 spiro atoms. The zero-order chi connectivity index (χ0) is 19.8. The van der Waals surface area contributed by atoms with E-state index in [1.165, 1.54) is 11.3 Å². The number of aliphatic carboxylic acids is 1. The van der Waals surface area contributed by atoms with Crippen molar-refractivity contribution in [1.29, 1.82) is 0 Å². The minimum absolute atomic E-state index is 0.0924. The molecule has 0 aliphatic carbocycles. The number of aromatic nitrogens is 1. The smallest absolute Gasteiger partial charge is 0.303 e. The molecule has 1 amide bonds. The van der Waals surface area contributed by atoms with Crippen LogP contribution in [0.1, 0.15) is 52.6 Å². The van der Waals surface area contributed by atoms with Crippen molar-refractivity contribution in [2.75, 3.05) is 6.61 Å². The average molecular weight is 391 g/mol. The fourth-order valence-electron chi connectivity index (χ4n) is 2.55. The lowest BCUT2D eigenvalue weighted by Gasteiger charge is -2.08. The molecule has 2 aromatic rings. The summed E-state index contributed by atoms with van der Waals surface area (Å²) in [4.78, 5) is 28.2. The summed E-state index contributed by atoms with van der Waals surface area (Å²) < 4.78 is 5.50. The van der Waals surface area contributed by atoms with Gasteiger partial charge in [-0.25, -0.2) is 4.98 Å². The molecule has 27 heavy (non-hydrogen) atoms. The van der Waals surface area contributed by atoms with E-state index in [4.69, 9.17) is 9.84 Å². The number of aryl methyl sites for hydroxylation is 1. The number of carboxylic acid groups (broad SMARTS) is 1. The molecule has 0 unspecified atom stereocenters. The van der Waals surface area contributed by atoms with E-state index in [1.807, 2.05) is 31.2 Å². The Morgan fingerprint density at radius 1 is 1.26 bits per heavy atom. The summed E-state index contributed by atoms with van der Waals surface area (Å²) in [6.07, 6.45) is 1.36. The van der Waals surface area contributed by atoms with Crippen LogP contribution in [0.5, 0.6) is 5.75 Å². The Morgan fingerprint density at radius 3 is 2.59 bits per heavy atom. The fraction of sp³-hybridized carbons (Fsp3) is 0.450. The van der Waals surface area contributed by atoms with Crippen LogP contribution >= 0.6 is 11.3 Å². The molecule has 2 N–H and O–H groups in total. The first kappa shape index (κ1) is 20.9. The summed E-state index contributed by atoms with van der Waals surface area (Å²) in [6.45, 7) is 6.94. The number of nitrogens with one attached hydrogen (secondary N) is 1. The van der Waals surface area contributed by atoms with Crippen LogP contribution in [0.2, 0.25) is 0 Å². The van der Waals surface area contributed by atoms with Crippen LogP contribution in [0.25, 0.3) is 0 Å². The lowest BCUT2D eigenvalue weighted by Crippen LogP contribution is -2.23. The van der Waals surface area contributed by atoms with Gasteiger partial charge in [-0.15, -0.1) is 11.3 Å². The van der Waals surface area contributed by atoms with Gasteiger partial charge in [0.15, 0.2) is 0 Å². The van der Waals surface area contributed by atoms with Crippen LogP contribution in [0, 0.1) is 12.8 Å². The van der Waals surface area contributed by atoms with Gasteiger partial charge in [0.05, 0.1) is 17.3 Å². The van der Waals surface area contributed by atoms with Crippen molar-refractivity contribution in [3.8, 4) is 5.75 Å². The van der Waals surface area contributed by atoms with Crippen molar-refractivity contribution in [2.45, 2.75) is 46.6 Å². The van der Waals surface area contributed by atoms with Gasteiger partial charge >= 0.3 is 5.97 Å². The molecule has 146 valence electrons. The summed E-state index contributed by atoms with van der Waals surface area (Å²) >= 11 is 1.43. The second-order valence-corrected chi connectivity index (χ2v) is 7.98. The zero-order valence-electron chi connectivity index (χ0n) is 15.9. The average Bonchev–Trinajstić information content (AvgIpc) is 2.97. The first-order valence-electron chi connectivity index (χ1n) is 9.03. The van der Waals surface area contributed by atoms with Crippen molar-refractivity contribution < 1.29 is 19.4 Å². The number of carbonyl (C=O) groups excluding carboxylic acids is 1. The molecule has 1 aromatic carbocycles. The van der Waals surface area contributed by atoms with E-state index >= 15 is 0 Å². The van der Waals surface area contributed by atoms with Gasteiger partial charge in [-0.1, -0.05) is 26.0 Å². The number of hydrogen-bond acceptors (Lipinski definition) is 5. The quantitative estimate of drug-likeness (QED) is 0.602. The Hall–Kier alpha value is -2.41. The molecule has 7 heteroatoms. The topological polar surface area (TPSA) is 88.5 Å². The largest absolute Gasteiger partial charge is 0.494 e. The van der Waals surface area contributed by atoms with Crippen LogP contribution < -0.4 is 10.1 Å². The second kappa shape index (κ2) is 10.1. The van der Waals surface area contributed by atoms with Gasteiger partial charge in [-0.3, -0.25) is 9.59 Å². The molecule has 0 aliphatic rings. The Kier molecular flexibility index (Phi) is 7.79. The summed E-state index contributed by atoms with van der Waals surface area (Å²) in [7, 11) is 0. The third kappa shape index (κ3) is 7.02. The van der Waals surface area contributed by atoms with Gasteiger partial charge in [0.2, 0.25) is 0 Å². The van der Waals surface area contributed by atoms with Gasteiger partial charge in [0, 0.05) is 13.0 Å². The Bertz CT molecular complexity index is 769. The first-order chi connectivity index (χ1) is 12.8. The zero-order valence-corrected chi connectivity index (χ0v) is 16.8. The third-order valence-corrected chi connectivity index (χ3v) is 4.80. The molecule has 1 aromatic heterocycles. The number of carbonyl (C=O) groups is 2. The predicted molar refractivity (Wildman–Crippen MR) is 105 cm³/mol. The van der Waals surface area contributed by atoms with Crippen molar-refractivity contribution >= 4 is 23.2 Å². The fourth-order valence-corrected chi connectivity index (χ4v) is 3.42. The number of benzene rings is 1. The van der Waals surface area contributed by atoms with Crippen LogP contribution in [0.4, 0.5) is 0 Å². The van der Waals surface area contributed by atoms with E-state index in [1.54, 1.807) is 0 Å². The molecule has 0 fully saturated rings. The second-order valence-electron chi connectivity index (χ2n) is 6.78. The number of rotatable bonds is 10. The molecule has 0 saturated heterocycles. The van der Waals surface area contributed by atoms with Crippen molar-refractivity contribution in [2.24, 2.45) is 5.92 Å². The van der Waals surface area contributed by atoms with E-state index in [2.05, 4.69) is 24.1 Å². The summed E-state index contributed by atoms with van der Waals surface area (Å²) in [6, 6.07) is 7.42. The van der Waals surface area contributed by atoms with Crippen LogP contribution in [-0.2, 0) is 17.8 Å². The molecule has 6 nitrogen and oxygen atoms in total.